The Labute approximate surface area is 132 Å². The van der Waals surface area contributed by atoms with Gasteiger partial charge in [-0.1, -0.05) is 19.1 Å². The Morgan fingerprint density at radius 1 is 1.27 bits per heavy atom. The lowest BCUT2D eigenvalue weighted by Crippen LogP contribution is -2.30. The smallest absolute Gasteiger partial charge is 0.135 e. The molecule has 1 aliphatic rings. The van der Waals surface area contributed by atoms with Gasteiger partial charge < -0.3 is 10.2 Å². The number of likely N-dealkylation sites (N-methyl/N-ethyl adjacent to an activating group) is 1. The minimum absolute atomic E-state index is 0.838. The Bertz CT molecular complexity index is 653. The molecule has 1 N–H and O–H groups in total. The fourth-order valence-corrected chi connectivity index (χ4v) is 2.85. The molecule has 0 atom stereocenters. The Balaban J connectivity index is 1.86. The molecule has 1 aromatic carbocycles. The normalized spacial score (nSPS) is 14.5. The van der Waals surface area contributed by atoms with E-state index in [1.165, 1.54) is 11.1 Å². The number of rotatable bonds is 4. The Kier molecular flexibility index (Phi) is 4.24. The first-order valence-corrected chi connectivity index (χ1v) is 7.77. The average molecular weight is 297 g/mol. The molecule has 0 saturated carbocycles. The molecule has 5 heteroatoms. The summed E-state index contributed by atoms with van der Waals surface area (Å²) in [6.45, 7) is 5.48. The van der Waals surface area contributed by atoms with E-state index in [0.717, 1.165) is 43.4 Å². The van der Waals surface area contributed by atoms with Crippen molar-refractivity contribution in [3.8, 4) is 0 Å². The van der Waals surface area contributed by atoms with Gasteiger partial charge >= 0.3 is 0 Å². The van der Waals surface area contributed by atoms with Crippen LogP contribution in [0.5, 0.6) is 0 Å². The summed E-state index contributed by atoms with van der Waals surface area (Å²) in [4.78, 5) is 13.0. The number of nitrogens with zero attached hydrogens (tertiary/aromatic N) is 4. The fourth-order valence-electron chi connectivity index (χ4n) is 2.85. The third kappa shape index (κ3) is 3.04. The van der Waals surface area contributed by atoms with Gasteiger partial charge in [0.25, 0.3) is 0 Å². The highest BCUT2D eigenvalue weighted by Crippen LogP contribution is 2.28. The fraction of sp³-hybridized carbons (Fsp3) is 0.412. The highest BCUT2D eigenvalue weighted by molar-refractivity contribution is 5.64. The zero-order valence-electron chi connectivity index (χ0n) is 13.5. The van der Waals surface area contributed by atoms with Crippen LogP contribution in [0.4, 0.5) is 17.3 Å². The third-order valence-electron chi connectivity index (χ3n) is 4.17. The molecule has 0 amide bonds. The molecule has 2 aromatic rings. The van der Waals surface area contributed by atoms with Crippen LogP contribution in [0.1, 0.15) is 18.1 Å². The lowest BCUT2D eigenvalue weighted by atomic mass is 9.98. The first kappa shape index (κ1) is 14.8. The molecule has 0 saturated heterocycles. The molecule has 116 valence electrons. The van der Waals surface area contributed by atoms with E-state index in [0.29, 0.717) is 0 Å². The first-order chi connectivity index (χ1) is 10.7. The Morgan fingerprint density at radius 2 is 2.14 bits per heavy atom. The molecular weight excluding hydrogens is 274 g/mol. The summed E-state index contributed by atoms with van der Waals surface area (Å²) in [5.74, 6) is 1.74. The maximum Gasteiger partial charge on any atom is 0.135 e. The molecule has 1 aromatic heterocycles. The number of anilines is 3. The number of benzene rings is 1. The van der Waals surface area contributed by atoms with Gasteiger partial charge in [-0.05, 0) is 30.2 Å². The quantitative estimate of drug-likeness (QED) is 0.940. The highest BCUT2D eigenvalue weighted by atomic mass is 15.2. The van der Waals surface area contributed by atoms with E-state index < -0.39 is 0 Å². The molecule has 22 heavy (non-hydrogen) atoms. The van der Waals surface area contributed by atoms with Gasteiger partial charge in [-0.3, -0.25) is 4.90 Å². The van der Waals surface area contributed by atoms with Crippen LogP contribution >= 0.6 is 0 Å². The van der Waals surface area contributed by atoms with Crippen LogP contribution in [0.25, 0.3) is 0 Å². The number of nitrogens with one attached hydrogen (secondary N) is 1. The van der Waals surface area contributed by atoms with Crippen molar-refractivity contribution in [1.29, 1.82) is 0 Å². The summed E-state index contributed by atoms with van der Waals surface area (Å²) in [7, 11) is 3.96. The molecule has 1 aliphatic heterocycles. The van der Waals surface area contributed by atoms with Crippen molar-refractivity contribution in [1.82, 2.24) is 14.9 Å². The van der Waals surface area contributed by atoms with Gasteiger partial charge in [0.05, 0.1) is 0 Å². The minimum Gasteiger partial charge on any atom is -0.363 e. The van der Waals surface area contributed by atoms with Crippen LogP contribution in [-0.4, -0.2) is 42.1 Å². The van der Waals surface area contributed by atoms with E-state index >= 15 is 0 Å². The number of hydrogen-bond donors (Lipinski definition) is 1. The molecule has 5 nitrogen and oxygen atoms in total. The molecular formula is C17H23N5. The highest BCUT2D eigenvalue weighted by Gasteiger charge is 2.17. The van der Waals surface area contributed by atoms with Gasteiger partial charge in [0, 0.05) is 38.9 Å². The maximum absolute atomic E-state index is 4.34. The van der Waals surface area contributed by atoms with Crippen LogP contribution in [0.15, 0.2) is 30.6 Å². The topological polar surface area (TPSA) is 44.3 Å². The van der Waals surface area contributed by atoms with Gasteiger partial charge in [-0.25, -0.2) is 9.97 Å². The van der Waals surface area contributed by atoms with E-state index in [1.807, 2.05) is 25.1 Å². The monoisotopic (exact) mass is 297 g/mol. The maximum atomic E-state index is 4.34. The molecule has 2 heterocycles. The second-order valence-electron chi connectivity index (χ2n) is 5.84. The lowest BCUT2D eigenvalue weighted by Gasteiger charge is -2.29. The number of hydrogen-bond acceptors (Lipinski definition) is 5. The summed E-state index contributed by atoms with van der Waals surface area (Å²) in [6, 6.07) is 8.46. The standard InChI is InChI=1S/C17H23N5/c1-4-22-9-8-14-13(11-22)6-5-7-15(14)20-16-10-17(21(2)3)19-12-18-16/h5-7,10,12H,4,8-9,11H2,1-3H3,(H,18,19,20). The van der Waals surface area contributed by atoms with Gasteiger partial charge in [-0.15, -0.1) is 0 Å². The predicted molar refractivity (Wildman–Crippen MR) is 90.7 cm³/mol. The molecule has 0 unspecified atom stereocenters. The van der Waals surface area contributed by atoms with Crippen molar-refractivity contribution in [3.05, 3.63) is 41.7 Å². The van der Waals surface area contributed by atoms with Crippen molar-refractivity contribution in [3.63, 3.8) is 0 Å². The van der Waals surface area contributed by atoms with E-state index in [1.54, 1.807) is 6.33 Å². The largest absolute Gasteiger partial charge is 0.363 e. The molecule has 0 spiro atoms. The van der Waals surface area contributed by atoms with Crippen LogP contribution in [0.3, 0.4) is 0 Å². The van der Waals surface area contributed by atoms with Gasteiger partial charge in [0.2, 0.25) is 0 Å². The van der Waals surface area contributed by atoms with Crippen LogP contribution < -0.4 is 10.2 Å². The van der Waals surface area contributed by atoms with Crippen LogP contribution in [0.2, 0.25) is 0 Å². The van der Waals surface area contributed by atoms with E-state index in [2.05, 4.69) is 45.3 Å². The van der Waals surface area contributed by atoms with E-state index in [-0.39, 0.29) is 0 Å². The van der Waals surface area contributed by atoms with E-state index in [9.17, 15) is 0 Å². The Hall–Kier alpha value is -2.14. The molecule has 0 aliphatic carbocycles. The van der Waals surface area contributed by atoms with Gasteiger partial charge in [0.15, 0.2) is 0 Å². The molecule has 0 bridgehead atoms. The van der Waals surface area contributed by atoms with E-state index in [4.69, 9.17) is 0 Å². The summed E-state index contributed by atoms with van der Waals surface area (Å²) < 4.78 is 0. The summed E-state index contributed by atoms with van der Waals surface area (Å²) >= 11 is 0. The zero-order valence-corrected chi connectivity index (χ0v) is 13.5. The van der Waals surface area contributed by atoms with Gasteiger partial charge in [-0.2, -0.15) is 0 Å². The average Bonchev–Trinajstić information content (AvgIpc) is 2.55. The summed E-state index contributed by atoms with van der Waals surface area (Å²) in [5.41, 5.74) is 3.99. The molecule has 3 rings (SSSR count). The lowest BCUT2D eigenvalue weighted by molar-refractivity contribution is 0.268. The van der Waals surface area contributed by atoms with Crippen LogP contribution in [0, 0.1) is 0 Å². The summed E-state index contributed by atoms with van der Waals surface area (Å²) in [5, 5.41) is 3.46. The second kappa shape index (κ2) is 6.32. The minimum atomic E-state index is 0.838. The van der Waals surface area contributed by atoms with Crippen molar-refractivity contribution in [2.75, 3.05) is 37.4 Å². The molecule has 0 fully saturated rings. The zero-order chi connectivity index (χ0) is 15.5. The van der Waals surface area contributed by atoms with Crippen LogP contribution in [-0.2, 0) is 13.0 Å². The number of aromatic nitrogens is 2. The SMILES string of the molecule is CCN1CCc2c(cccc2Nc2cc(N(C)C)ncn2)C1. The third-order valence-corrected chi connectivity index (χ3v) is 4.17. The van der Waals surface area contributed by atoms with Crippen molar-refractivity contribution in [2.24, 2.45) is 0 Å². The van der Waals surface area contributed by atoms with Gasteiger partial charge in [0.1, 0.15) is 18.0 Å². The first-order valence-electron chi connectivity index (χ1n) is 7.77. The van der Waals surface area contributed by atoms with Crippen molar-refractivity contribution >= 4 is 17.3 Å². The predicted octanol–water partition coefficient (Wildman–Crippen LogP) is 2.66. The summed E-state index contributed by atoms with van der Waals surface area (Å²) in [6.07, 6.45) is 2.68. The van der Waals surface area contributed by atoms with Crippen molar-refractivity contribution in [2.45, 2.75) is 19.9 Å². The molecule has 0 radical (unpaired) electrons. The number of fused-ring (bicyclic) bond motifs is 1. The Morgan fingerprint density at radius 3 is 2.91 bits per heavy atom. The van der Waals surface area contributed by atoms with Crippen molar-refractivity contribution < 1.29 is 0 Å². The second-order valence-corrected chi connectivity index (χ2v) is 5.84.